The maximum Gasteiger partial charge on any atom is 0.339 e. The van der Waals surface area contributed by atoms with Crippen molar-refractivity contribution in [3.8, 4) is 0 Å². The van der Waals surface area contributed by atoms with Crippen LogP contribution in [0, 0.1) is 0 Å². The van der Waals surface area contributed by atoms with E-state index in [-0.39, 0.29) is 18.2 Å². The third kappa shape index (κ3) is 3.12. The van der Waals surface area contributed by atoms with Gasteiger partial charge in [-0.05, 0) is 30.3 Å². The van der Waals surface area contributed by atoms with Gasteiger partial charge in [-0.25, -0.2) is 4.79 Å². The third-order valence-electron chi connectivity index (χ3n) is 3.81. The number of carbonyl (C=O) groups is 3. The minimum absolute atomic E-state index is 0.0416. The molecule has 3 rings (SSSR count). The number of hydrogen-bond acceptors (Lipinski definition) is 4. The molecule has 0 aromatic heterocycles. The highest BCUT2D eigenvalue weighted by Crippen LogP contribution is 2.32. The number of benzene rings is 2. The van der Waals surface area contributed by atoms with Gasteiger partial charge >= 0.3 is 5.97 Å². The summed E-state index contributed by atoms with van der Waals surface area (Å²) in [7, 11) is 1.55. The molecule has 6 heteroatoms. The van der Waals surface area contributed by atoms with E-state index in [1.54, 1.807) is 49.5 Å². The van der Waals surface area contributed by atoms with E-state index in [4.69, 9.17) is 4.74 Å². The van der Waals surface area contributed by atoms with Crippen LogP contribution in [0.25, 0.3) is 0 Å². The van der Waals surface area contributed by atoms with Gasteiger partial charge in [0.25, 0.3) is 5.91 Å². The van der Waals surface area contributed by atoms with Crippen molar-refractivity contribution in [1.29, 1.82) is 0 Å². The molecule has 0 aliphatic carbocycles. The molecule has 0 saturated carbocycles. The van der Waals surface area contributed by atoms with Crippen LogP contribution in [0.5, 0.6) is 0 Å². The fourth-order valence-electron chi connectivity index (χ4n) is 2.60. The number of esters is 1. The molecule has 0 fully saturated rings. The summed E-state index contributed by atoms with van der Waals surface area (Å²) in [6, 6.07) is 13.6. The Morgan fingerprint density at radius 1 is 1.08 bits per heavy atom. The van der Waals surface area contributed by atoms with Gasteiger partial charge in [0.1, 0.15) is 6.10 Å². The van der Waals surface area contributed by atoms with Gasteiger partial charge in [0, 0.05) is 23.9 Å². The van der Waals surface area contributed by atoms with Crippen LogP contribution in [0.2, 0.25) is 0 Å². The lowest BCUT2D eigenvalue weighted by molar-refractivity contribution is -0.118. The first kappa shape index (κ1) is 15.7. The topological polar surface area (TPSA) is 84.5 Å². The zero-order valence-corrected chi connectivity index (χ0v) is 13.0. The van der Waals surface area contributed by atoms with Crippen molar-refractivity contribution in [2.45, 2.75) is 12.5 Å². The Balaban J connectivity index is 1.64. The van der Waals surface area contributed by atoms with E-state index in [0.29, 0.717) is 16.8 Å². The second kappa shape index (κ2) is 6.54. The van der Waals surface area contributed by atoms with Crippen LogP contribution >= 0.6 is 0 Å². The van der Waals surface area contributed by atoms with Gasteiger partial charge in [0.2, 0.25) is 5.91 Å². The highest BCUT2D eigenvalue weighted by Gasteiger charge is 2.31. The molecule has 1 atom stereocenters. The Bertz CT molecular complexity index is 799. The SMILES string of the molecule is CNC(=O)c1ccc(NC(=O)C[C@@H]2OC(=O)c3ccccc32)cc1. The van der Waals surface area contributed by atoms with Crippen LogP contribution in [-0.4, -0.2) is 24.8 Å². The second-order valence-electron chi connectivity index (χ2n) is 5.39. The van der Waals surface area contributed by atoms with Gasteiger partial charge < -0.3 is 15.4 Å². The van der Waals surface area contributed by atoms with E-state index in [9.17, 15) is 14.4 Å². The molecule has 1 heterocycles. The number of fused-ring (bicyclic) bond motifs is 1. The van der Waals surface area contributed by atoms with Gasteiger partial charge in [-0.15, -0.1) is 0 Å². The van der Waals surface area contributed by atoms with E-state index in [1.807, 2.05) is 6.07 Å². The molecule has 0 unspecified atom stereocenters. The van der Waals surface area contributed by atoms with Gasteiger partial charge in [0.15, 0.2) is 0 Å². The van der Waals surface area contributed by atoms with Crippen molar-refractivity contribution >= 4 is 23.5 Å². The highest BCUT2D eigenvalue weighted by atomic mass is 16.5. The van der Waals surface area contributed by atoms with Crippen LogP contribution in [0.1, 0.15) is 38.8 Å². The standard InChI is InChI=1S/C18H16N2O4/c1-19-17(22)11-6-8-12(9-7-11)20-16(21)10-15-13-4-2-3-5-14(13)18(23)24-15/h2-9,15H,10H2,1H3,(H,19,22)(H,20,21)/t15-/m0/s1. The molecule has 122 valence electrons. The monoisotopic (exact) mass is 324 g/mol. The van der Waals surface area contributed by atoms with E-state index >= 15 is 0 Å². The maximum absolute atomic E-state index is 12.2. The molecule has 2 N–H and O–H groups in total. The largest absolute Gasteiger partial charge is 0.453 e. The number of carbonyl (C=O) groups excluding carboxylic acids is 3. The number of hydrogen-bond donors (Lipinski definition) is 2. The second-order valence-corrected chi connectivity index (χ2v) is 5.39. The summed E-state index contributed by atoms with van der Waals surface area (Å²) >= 11 is 0. The van der Waals surface area contributed by atoms with Gasteiger partial charge in [-0.3, -0.25) is 9.59 Å². The first-order chi connectivity index (χ1) is 11.6. The third-order valence-corrected chi connectivity index (χ3v) is 3.81. The lowest BCUT2D eigenvalue weighted by Crippen LogP contribution is -2.18. The van der Waals surface area contributed by atoms with Crippen LogP contribution in [0.15, 0.2) is 48.5 Å². The minimum atomic E-state index is -0.571. The predicted molar refractivity (Wildman–Crippen MR) is 87.7 cm³/mol. The summed E-state index contributed by atoms with van der Waals surface area (Å²) in [4.78, 5) is 35.4. The van der Waals surface area contributed by atoms with Crippen molar-refractivity contribution in [1.82, 2.24) is 5.32 Å². The number of anilines is 1. The fourth-order valence-corrected chi connectivity index (χ4v) is 2.60. The summed E-state index contributed by atoms with van der Waals surface area (Å²) in [6.07, 6.45) is -0.529. The molecule has 2 amide bonds. The number of amides is 2. The lowest BCUT2D eigenvalue weighted by atomic mass is 10.0. The Labute approximate surface area is 138 Å². The molecule has 0 saturated heterocycles. The molecular formula is C18H16N2O4. The van der Waals surface area contributed by atoms with Crippen LogP contribution in [0.4, 0.5) is 5.69 Å². The Kier molecular flexibility index (Phi) is 4.29. The Hall–Kier alpha value is -3.15. The first-order valence-corrected chi connectivity index (χ1v) is 7.50. The molecule has 1 aliphatic heterocycles. The van der Waals surface area contributed by atoms with Crippen molar-refractivity contribution in [2.75, 3.05) is 12.4 Å². The number of ether oxygens (including phenoxy) is 1. The molecule has 6 nitrogen and oxygen atoms in total. The number of nitrogens with one attached hydrogen (secondary N) is 2. The lowest BCUT2D eigenvalue weighted by Gasteiger charge is -2.11. The molecule has 24 heavy (non-hydrogen) atoms. The smallest absolute Gasteiger partial charge is 0.339 e. The zero-order valence-electron chi connectivity index (χ0n) is 13.0. The quantitative estimate of drug-likeness (QED) is 0.845. The van der Waals surface area contributed by atoms with Crippen molar-refractivity contribution in [3.05, 3.63) is 65.2 Å². The van der Waals surface area contributed by atoms with Gasteiger partial charge in [-0.1, -0.05) is 18.2 Å². The van der Waals surface area contributed by atoms with Crippen molar-refractivity contribution < 1.29 is 19.1 Å². The van der Waals surface area contributed by atoms with Crippen molar-refractivity contribution in [3.63, 3.8) is 0 Å². The normalized spacial score (nSPS) is 15.4. The Morgan fingerprint density at radius 3 is 2.50 bits per heavy atom. The molecule has 0 bridgehead atoms. The molecule has 2 aromatic rings. The summed E-state index contributed by atoms with van der Waals surface area (Å²) in [5, 5.41) is 5.27. The van der Waals surface area contributed by atoms with E-state index in [0.717, 1.165) is 5.56 Å². The molecule has 0 spiro atoms. The average Bonchev–Trinajstić information content (AvgIpc) is 2.91. The minimum Gasteiger partial charge on any atom is -0.453 e. The van der Waals surface area contributed by atoms with Crippen LogP contribution < -0.4 is 10.6 Å². The average molecular weight is 324 g/mol. The first-order valence-electron chi connectivity index (χ1n) is 7.50. The van der Waals surface area contributed by atoms with E-state index in [1.165, 1.54) is 0 Å². The molecule has 0 radical (unpaired) electrons. The van der Waals surface area contributed by atoms with E-state index < -0.39 is 12.1 Å². The van der Waals surface area contributed by atoms with Gasteiger partial charge in [0.05, 0.1) is 12.0 Å². The Morgan fingerprint density at radius 2 is 1.79 bits per heavy atom. The molecular weight excluding hydrogens is 308 g/mol. The van der Waals surface area contributed by atoms with E-state index in [2.05, 4.69) is 10.6 Å². The van der Waals surface area contributed by atoms with Gasteiger partial charge in [-0.2, -0.15) is 0 Å². The summed E-state index contributed by atoms with van der Waals surface area (Å²) in [6.45, 7) is 0. The maximum atomic E-state index is 12.2. The highest BCUT2D eigenvalue weighted by molar-refractivity contribution is 5.97. The molecule has 1 aliphatic rings. The zero-order chi connectivity index (χ0) is 17.1. The predicted octanol–water partition coefficient (Wildman–Crippen LogP) is 2.29. The number of rotatable bonds is 4. The number of cyclic esters (lactones) is 1. The van der Waals surface area contributed by atoms with Crippen LogP contribution in [-0.2, 0) is 9.53 Å². The summed E-state index contributed by atoms with van der Waals surface area (Å²) < 4.78 is 5.25. The summed E-state index contributed by atoms with van der Waals surface area (Å²) in [5.41, 5.74) is 2.32. The van der Waals surface area contributed by atoms with Crippen molar-refractivity contribution in [2.24, 2.45) is 0 Å². The molecule has 2 aromatic carbocycles. The fraction of sp³-hybridized carbons (Fsp3) is 0.167. The van der Waals surface area contributed by atoms with Crippen LogP contribution in [0.3, 0.4) is 0 Å². The summed E-state index contributed by atoms with van der Waals surface area (Å²) in [5.74, 6) is -0.863.